The molecule has 1 saturated heterocycles. The Hall–Kier alpha value is -2.40. The molecule has 28 heavy (non-hydrogen) atoms. The van der Waals surface area contributed by atoms with Gasteiger partial charge in [-0.1, -0.05) is 48.2 Å². The van der Waals surface area contributed by atoms with Gasteiger partial charge < -0.3 is 9.47 Å². The van der Waals surface area contributed by atoms with Crippen molar-refractivity contribution in [1.29, 1.82) is 0 Å². The van der Waals surface area contributed by atoms with Crippen LogP contribution in [0, 0.1) is 0 Å². The number of rotatable bonds is 6. The molecule has 1 N–H and O–H groups in total. The van der Waals surface area contributed by atoms with Crippen molar-refractivity contribution in [2.45, 2.75) is 4.90 Å². The number of methoxy groups -OCH3 is 2. The summed E-state index contributed by atoms with van der Waals surface area (Å²) in [5.41, 5.74) is 0.684. The normalized spacial score (nSPS) is 15.9. The summed E-state index contributed by atoms with van der Waals surface area (Å²) >= 11 is 6.18. The first-order valence-electron chi connectivity index (χ1n) is 7.93. The zero-order valence-electron chi connectivity index (χ0n) is 14.9. The second kappa shape index (κ2) is 8.31. The number of ether oxygens (including phenoxy) is 2. The molecule has 2 aromatic carbocycles. The second-order valence-electron chi connectivity index (χ2n) is 5.54. The third-order valence-electron chi connectivity index (χ3n) is 3.76. The van der Waals surface area contributed by atoms with Crippen LogP contribution in [-0.2, 0) is 14.8 Å². The molecule has 1 heterocycles. The molecule has 0 radical (unpaired) electrons. The smallest absolute Gasteiger partial charge is 0.281 e. The van der Waals surface area contributed by atoms with Crippen molar-refractivity contribution in [3.8, 4) is 11.5 Å². The monoisotopic (exact) mass is 436 g/mol. The number of benzene rings is 2. The Bertz CT molecular complexity index is 1050. The van der Waals surface area contributed by atoms with Crippen LogP contribution in [0.3, 0.4) is 0 Å². The van der Waals surface area contributed by atoms with Crippen LogP contribution in [-0.4, -0.2) is 37.9 Å². The lowest BCUT2D eigenvalue weighted by Gasteiger charge is -2.15. The van der Waals surface area contributed by atoms with Crippen LogP contribution in [0.25, 0.3) is 6.08 Å². The predicted octanol–water partition coefficient (Wildman–Crippen LogP) is 2.80. The summed E-state index contributed by atoms with van der Waals surface area (Å²) in [7, 11) is -0.892. The maximum atomic E-state index is 12.7. The minimum atomic E-state index is -3.93. The van der Waals surface area contributed by atoms with Crippen LogP contribution in [0.15, 0.2) is 58.3 Å². The fraction of sp³-hybridized carbons (Fsp3) is 0.111. The molecule has 0 saturated carbocycles. The van der Waals surface area contributed by atoms with E-state index in [1.807, 2.05) is 0 Å². The fourth-order valence-corrected chi connectivity index (χ4v) is 4.74. The molecule has 0 aliphatic carbocycles. The molecule has 1 aliphatic rings. The van der Waals surface area contributed by atoms with Gasteiger partial charge in [-0.3, -0.25) is 4.79 Å². The SMILES string of the molecule is COc1ccc(C=C2SC(=S)N(NS(=O)(=O)c3ccccc3)C2=O)cc1OC. The molecule has 1 aliphatic heterocycles. The summed E-state index contributed by atoms with van der Waals surface area (Å²) in [6.07, 6.45) is 1.61. The van der Waals surface area contributed by atoms with Crippen molar-refractivity contribution in [3.05, 3.63) is 59.0 Å². The number of carbonyl (C=O) groups is 1. The highest BCUT2D eigenvalue weighted by Crippen LogP contribution is 2.34. The number of amides is 1. The fourth-order valence-electron chi connectivity index (χ4n) is 2.41. The van der Waals surface area contributed by atoms with Gasteiger partial charge in [0.1, 0.15) is 0 Å². The topological polar surface area (TPSA) is 84.9 Å². The lowest BCUT2D eigenvalue weighted by Crippen LogP contribution is -2.44. The minimum absolute atomic E-state index is 0.0351. The first-order valence-corrected chi connectivity index (χ1v) is 10.6. The standard InChI is InChI=1S/C18H16N2O5S3/c1-24-14-9-8-12(10-15(14)25-2)11-16-17(21)20(18(26)27-16)19-28(22,23)13-6-4-3-5-7-13/h3-11,19H,1-2H3. The summed E-state index contributed by atoms with van der Waals surface area (Å²) in [5, 5.41) is 0.856. The zero-order valence-corrected chi connectivity index (χ0v) is 17.4. The first-order chi connectivity index (χ1) is 13.4. The van der Waals surface area contributed by atoms with Gasteiger partial charge >= 0.3 is 0 Å². The van der Waals surface area contributed by atoms with Crippen molar-refractivity contribution in [1.82, 2.24) is 9.84 Å². The minimum Gasteiger partial charge on any atom is -0.493 e. The van der Waals surface area contributed by atoms with Crippen molar-refractivity contribution < 1.29 is 22.7 Å². The molecular formula is C18H16N2O5S3. The average Bonchev–Trinajstić information content (AvgIpc) is 2.95. The van der Waals surface area contributed by atoms with Gasteiger partial charge in [0, 0.05) is 0 Å². The number of thioether (sulfide) groups is 1. The van der Waals surface area contributed by atoms with E-state index in [2.05, 4.69) is 4.83 Å². The molecule has 1 amide bonds. The Morgan fingerprint density at radius 1 is 1.07 bits per heavy atom. The number of hydrogen-bond donors (Lipinski definition) is 1. The zero-order chi connectivity index (χ0) is 20.3. The van der Waals surface area contributed by atoms with E-state index in [0.717, 1.165) is 16.8 Å². The van der Waals surface area contributed by atoms with Crippen molar-refractivity contribution in [2.75, 3.05) is 14.2 Å². The number of nitrogens with zero attached hydrogens (tertiary/aromatic N) is 1. The maximum absolute atomic E-state index is 12.7. The number of nitrogens with one attached hydrogen (secondary N) is 1. The summed E-state index contributed by atoms with van der Waals surface area (Å²) < 4.78 is 35.5. The molecule has 0 bridgehead atoms. The van der Waals surface area contributed by atoms with Crippen LogP contribution in [0.2, 0.25) is 0 Å². The van der Waals surface area contributed by atoms with E-state index >= 15 is 0 Å². The first kappa shape index (κ1) is 20.3. The highest BCUT2D eigenvalue weighted by Gasteiger charge is 2.35. The summed E-state index contributed by atoms with van der Waals surface area (Å²) in [6, 6.07) is 12.9. The van der Waals surface area contributed by atoms with E-state index in [1.165, 1.54) is 26.4 Å². The third-order valence-corrected chi connectivity index (χ3v) is 6.38. The second-order valence-corrected chi connectivity index (χ2v) is 8.88. The van der Waals surface area contributed by atoms with E-state index in [-0.39, 0.29) is 14.1 Å². The Labute approximate surface area is 172 Å². The van der Waals surface area contributed by atoms with E-state index in [9.17, 15) is 13.2 Å². The molecule has 7 nitrogen and oxygen atoms in total. The number of hydrogen-bond acceptors (Lipinski definition) is 7. The van der Waals surface area contributed by atoms with Gasteiger partial charge in [-0.2, -0.15) is 0 Å². The van der Waals surface area contributed by atoms with Gasteiger partial charge in [0.25, 0.3) is 15.9 Å². The van der Waals surface area contributed by atoms with Crippen molar-refractivity contribution in [2.24, 2.45) is 0 Å². The molecule has 1 fully saturated rings. The van der Waals surface area contributed by atoms with Gasteiger partial charge in [0.05, 0.1) is 24.0 Å². The predicted molar refractivity (Wildman–Crippen MR) is 111 cm³/mol. The van der Waals surface area contributed by atoms with Crippen molar-refractivity contribution in [3.63, 3.8) is 0 Å². The van der Waals surface area contributed by atoms with Crippen LogP contribution in [0.5, 0.6) is 11.5 Å². The Kier molecular flexibility index (Phi) is 6.04. The molecular weight excluding hydrogens is 420 g/mol. The van der Waals surface area contributed by atoms with Gasteiger partial charge in [-0.15, -0.1) is 4.83 Å². The Morgan fingerprint density at radius 2 is 1.75 bits per heavy atom. The van der Waals surface area contributed by atoms with Crippen molar-refractivity contribution >= 4 is 50.3 Å². The van der Waals surface area contributed by atoms with Gasteiger partial charge in [-0.05, 0) is 35.9 Å². The molecule has 146 valence electrons. The number of carbonyl (C=O) groups excluding carboxylic acids is 1. The summed E-state index contributed by atoms with van der Waals surface area (Å²) in [6.45, 7) is 0. The van der Waals surface area contributed by atoms with Crippen LogP contribution in [0.1, 0.15) is 5.56 Å². The molecule has 0 spiro atoms. The maximum Gasteiger partial charge on any atom is 0.281 e. The lowest BCUT2D eigenvalue weighted by atomic mass is 10.2. The molecule has 0 aromatic heterocycles. The Balaban J connectivity index is 1.85. The van der Waals surface area contributed by atoms with E-state index < -0.39 is 15.9 Å². The third kappa shape index (κ3) is 4.20. The quantitative estimate of drug-likeness (QED) is 0.551. The van der Waals surface area contributed by atoms with E-state index in [1.54, 1.807) is 42.5 Å². The van der Waals surface area contributed by atoms with Gasteiger partial charge in [-0.25, -0.2) is 13.4 Å². The molecule has 0 unspecified atom stereocenters. The highest BCUT2D eigenvalue weighted by molar-refractivity contribution is 8.26. The summed E-state index contributed by atoms with van der Waals surface area (Å²) in [4.78, 5) is 15.2. The van der Waals surface area contributed by atoms with Gasteiger partial charge in [0.15, 0.2) is 15.8 Å². The van der Waals surface area contributed by atoms with Gasteiger partial charge in [0.2, 0.25) is 0 Å². The average molecular weight is 437 g/mol. The van der Waals surface area contributed by atoms with E-state index in [0.29, 0.717) is 17.1 Å². The number of hydrazine groups is 1. The van der Waals surface area contributed by atoms with Crippen LogP contribution in [0.4, 0.5) is 0 Å². The van der Waals surface area contributed by atoms with Crippen LogP contribution >= 0.6 is 24.0 Å². The molecule has 10 heteroatoms. The highest BCUT2D eigenvalue weighted by atomic mass is 32.2. The number of sulfonamides is 1. The summed E-state index contributed by atoms with van der Waals surface area (Å²) in [5.74, 6) is 0.517. The van der Waals surface area contributed by atoms with Crippen LogP contribution < -0.4 is 14.3 Å². The molecule has 2 aromatic rings. The lowest BCUT2D eigenvalue weighted by molar-refractivity contribution is -0.123. The van der Waals surface area contributed by atoms with E-state index in [4.69, 9.17) is 21.7 Å². The largest absolute Gasteiger partial charge is 0.493 e. The molecule has 0 atom stereocenters. The Morgan fingerprint density at radius 3 is 2.39 bits per heavy atom. The number of thiocarbonyl (C=S) groups is 1. The molecule has 3 rings (SSSR count).